The first-order valence-corrected chi connectivity index (χ1v) is 6.39. The number of likely N-dealkylation sites (tertiary alicyclic amines) is 1. The summed E-state index contributed by atoms with van der Waals surface area (Å²) in [6.45, 7) is 2.98. The fourth-order valence-corrected chi connectivity index (χ4v) is 2.51. The monoisotopic (exact) mass is 251 g/mol. The van der Waals surface area contributed by atoms with Crippen LogP contribution >= 0.6 is 0 Å². The number of nitrogens with zero attached hydrogens (tertiary/aromatic N) is 2. The summed E-state index contributed by atoms with van der Waals surface area (Å²) < 4.78 is 0. The first kappa shape index (κ1) is 11.5. The second-order valence-electron chi connectivity index (χ2n) is 5.12. The average molecular weight is 251 g/mol. The maximum atomic E-state index is 11.4. The van der Waals surface area contributed by atoms with Gasteiger partial charge in [-0.05, 0) is 31.7 Å². The number of hydrogen-bond donors (Lipinski definition) is 3. The standard InChI is InChI=1S/C11H17N5O2/c17-10-9(14-15-11(18)13-10)12-5-7-3-4-16(6-7)8-1-2-8/h7-8H,1-6H2,(H,12,14)(H2,13,15,17,18). The van der Waals surface area contributed by atoms with Crippen LogP contribution in [0, 0.1) is 5.92 Å². The van der Waals surface area contributed by atoms with Gasteiger partial charge in [-0.3, -0.25) is 9.78 Å². The number of anilines is 1. The molecule has 1 atom stereocenters. The highest BCUT2D eigenvalue weighted by atomic mass is 16.2. The molecule has 18 heavy (non-hydrogen) atoms. The van der Waals surface area contributed by atoms with Crippen LogP contribution < -0.4 is 16.6 Å². The van der Waals surface area contributed by atoms with E-state index in [1.54, 1.807) is 0 Å². The van der Waals surface area contributed by atoms with Crippen molar-refractivity contribution in [3.05, 3.63) is 20.8 Å². The smallest absolute Gasteiger partial charge is 0.342 e. The number of H-pyrrole nitrogens is 2. The molecule has 0 amide bonds. The lowest BCUT2D eigenvalue weighted by Gasteiger charge is -2.14. The van der Waals surface area contributed by atoms with Crippen LogP contribution in [-0.4, -0.2) is 45.8 Å². The lowest BCUT2D eigenvalue weighted by Crippen LogP contribution is -2.29. The van der Waals surface area contributed by atoms with Gasteiger partial charge in [0.1, 0.15) is 0 Å². The Hall–Kier alpha value is -1.63. The predicted molar refractivity (Wildman–Crippen MR) is 66.7 cm³/mol. The third-order valence-corrected chi connectivity index (χ3v) is 3.65. The number of rotatable bonds is 4. The van der Waals surface area contributed by atoms with E-state index in [1.807, 2.05) is 0 Å². The van der Waals surface area contributed by atoms with Crippen LogP contribution in [-0.2, 0) is 0 Å². The van der Waals surface area contributed by atoms with E-state index in [0.29, 0.717) is 5.92 Å². The molecule has 1 aromatic heterocycles. The summed E-state index contributed by atoms with van der Waals surface area (Å²) in [6, 6.07) is 0.810. The molecule has 1 aromatic rings. The Morgan fingerprint density at radius 1 is 1.33 bits per heavy atom. The molecule has 3 N–H and O–H groups in total. The van der Waals surface area contributed by atoms with Crippen molar-refractivity contribution < 1.29 is 0 Å². The minimum absolute atomic E-state index is 0.194. The minimum atomic E-state index is -0.577. The van der Waals surface area contributed by atoms with Crippen molar-refractivity contribution in [2.75, 3.05) is 25.0 Å². The van der Waals surface area contributed by atoms with Crippen molar-refractivity contribution >= 4 is 5.82 Å². The highest BCUT2D eigenvalue weighted by Crippen LogP contribution is 2.31. The molecule has 1 aliphatic heterocycles. The molecule has 0 radical (unpaired) electrons. The van der Waals surface area contributed by atoms with Crippen LogP contribution in [0.2, 0.25) is 0 Å². The maximum Gasteiger partial charge on any atom is 0.342 e. The molecule has 0 spiro atoms. The van der Waals surface area contributed by atoms with Gasteiger partial charge < -0.3 is 10.2 Å². The van der Waals surface area contributed by atoms with Gasteiger partial charge in [-0.1, -0.05) is 0 Å². The van der Waals surface area contributed by atoms with Gasteiger partial charge in [-0.2, -0.15) is 0 Å². The van der Waals surface area contributed by atoms with Gasteiger partial charge in [0.15, 0.2) is 0 Å². The Kier molecular flexibility index (Phi) is 2.91. The molecular weight excluding hydrogens is 234 g/mol. The van der Waals surface area contributed by atoms with E-state index in [-0.39, 0.29) is 5.82 Å². The summed E-state index contributed by atoms with van der Waals surface area (Å²) in [7, 11) is 0. The fraction of sp³-hybridized carbons (Fsp3) is 0.727. The lowest BCUT2D eigenvalue weighted by molar-refractivity contribution is 0.316. The van der Waals surface area contributed by atoms with Crippen LogP contribution in [0.15, 0.2) is 9.59 Å². The van der Waals surface area contributed by atoms with Crippen LogP contribution in [0.1, 0.15) is 19.3 Å². The van der Waals surface area contributed by atoms with E-state index in [1.165, 1.54) is 12.8 Å². The second kappa shape index (κ2) is 4.56. The van der Waals surface area contributed by atoms with Crippen LogP contribution in [0.5, 0.6) is 0 Å². The van der Waals surface area contributed by atoms with Crippen LogP contribution in [0.25, 0.3) is 0 Å². The molecule has 1 saturated heterocycles. The molecular formula is C11H17N5O2. The summed E-state index contributed by atoms with van der Waals surface area (Å²) in [6.07, 6.45) is 3.83. The Morgan fingerprint density at radius 2 is 2.17 bits per heavy atom. The van der Waals surface area contributed by atoms with E-state index in [4.69, 9.17) is 0 Å². The number of nitrogens with one attached hydrogen (secondary N) is 3. The molecule has 98 valence electrons. The number of aromatic nitrogens is 3. The number of aromatic amines is 2. The minimum Gasteiger partial charge on any atom is -0.364 e. The molecule has 2 aliphatic rings. The molecule has 7 heteroatoms. The van der Waals surface area contributed by atoms with E-state index >= 15 is 0 Å². The summed E-state index contributed by atoms with van der Waals surface area (Å²) in [5.74, 6) is 0.748. The number of hydrogen-bond acceptors (Lipinski definition) is 5. The zero-order valence-electron chi connectivity index (χ0n) is 10.1. The summed E-state index contributed by atoms with van der Waals surface area (Å²) >= 11 is 0. The topological polar surface area (TPSA) is 93.9 Å². The summed E-state index contributed by atoms with van der Waals surface area (Å²) in [4.78, 5) is 26.9. The first-order chi connectivity index (χ1) is 8.72. The molecule has 7 nitrogen and oxygen atoms in total. The van der Waals surface area contributed by atoms with E-state index < -0.39 is 11.2 Å². The van der Waals surface area contributed by atoms with Gasteiger partial charge in [0.25, 0.3) is 5.56 Å². The Balaban J connectivity index is 1.55. The SMILES string of the molecule is O=c1[nH]nc(NCC2CCN(C3CC3)C2)c(=O)[nH]1. The third-order valence-electron chi connectivity index (χ3n) is 3.65. The molecule has 1 saturated carbocycles. The average Bonchev–Trinajstić information content (AvgIpc) is 3.08. The van der Waals surface area contributed by atoms with Crippen LogP contribution in [0.4, 0.5) is 5.82 Å². The van der Waals surface area contributed by atoms with Crippen molar-refractivity contribution in [1.82, 2.24) is 20.1 Å². The molecule has 2 fully saturated rings. The fourth-order valence-electron chi connectivity index (χ4n) is 2.51. The van der Waals surface area contributed by atoms with Gasteiger partial charge in [0.2, 0.25) is 5.82 Å². The normalized spacial score (nSPS) is 24.3. The zero-order valence-corrected chi connectivity index (χ0v) is 10.1. The maximum absolute atomic E-state index is 11.4. The van der Waals surface area contributed by atoms with Crippen molar-refractivity contribution in [3.63, 3.8) is 0 Å². The highest BCUT2D eigenvalue weighted by Gasteiger charge is 2.34. The van der Waals surface area contributed by atoms with Crippen molar-refractivity contribution in [3.8, 4) is 0 Å². The molecule has 2 heterocycles. The third kappa shape index (κ3) is 2.45. The highest BCUT2D eigenvalue weighted by molar-refractivity contribution is 5.28. The Labute approximate surface area is 104 Å². The van der Waals surface area contributed by atoms with Crippen molar-refractivity contribution in [2.45, 2.75) is 25.3 Å². The van der Waals surface area contributed by atoms with E-state index in [9.17, 15) is 9.59 Å². The summed E-state index contributed by atoms with van der Waals surface area (Å²) in [5, 5.41) is 8.93. The first-order valence-electron chi connectivity index (χ1n) is 6.39. The second-order valence-corrected chi connectivity index (χ2v) is 5.12. The Morgan fingerprint density at radius 3 is 2.89 bits per heavy atom. The molecule has 1 aliphatic carbocycles. The van der Waals surface area contributed by atoms with Gasteiger partial charge in [0, 0.05) is 19.1 Å². The lowest BCUT2D eigenvalue weighted by atomic mass is 10.1. The largest absolute Gasteiger partial charge is 0.364 e. The quantitative estimate of drug-likeness (QED) is 0.661. The van der Waals surface area contributed by atoms with Gasteiger partial charge in [-0.25, -0.2) is 9.89 Å². The molecule has 3 rings (SSSR count). The Bertz CT molecular complexity index is 533. The zero-order chi connectivity index (χ0) is 12.5. The van der Waals surface area contributed by atoms with Gasteiger partial charge in [-0.15, -0.1) is 5.10 Å². The van der Waals surface area contributed by atoms with Gasteiger partial charge >= 0.3 is 5.69 Å². The van der Waals surface area contributed by atoms with Gasteiger partial charge in [0.05, 0.1) is 0 Å². The van der Waals surface area contributed by atoms with E-state index in [0.717, 1.165) is 32.1 Å². The van der Waals surface area contributed by atoms with Crippen LogP contribution in [0.3, 0.4) is 0 Å². The van der Waals surface area contributed by atoms with Crippen molar-refractivity contribution in [1.29, 1.82) is 0 Å². The molecule has 0 bridgehead atoms. The molecule has 0 aromatic carbocycles. The summed E-state index contributed by atoms with van der Waals surface area (Å²) in [5.41, 5.74) is -1.04. The van der Waals surface area contributed by atoms with Crippen molar-refractivity contribution in [2.24, 2.45) is 5.92 Å². The predicted octanol–water partition coefficient (Wildman–Crippen LogP) is -0.646. The van der Waals surface area contributed by atoms with E-state index in [2.05, 4.69) is 25.4 Å². The molecule has 1 unspecified atom stereocenters.